The zero-order chi connectivity index (χ0) is 11.6. The van der Waals surface area contributed by atoms with Gasteiger partial charge in [0.1, 0.15) is 17.1 Å². The molecule has 6 nitrogen and oxygen atoms in total. The number of hydrogen-bond donors (Lipinski definition) is 2. The lowest BCUT2D eigenvalue weighted by atomic mass is 10.1. The number of aromatic carboxylic acids is 1. The van der Waals surface area contributed by atoms with Gasteiger partial charge >= 0.3 is 5.97 Å². The maximum Gasteiger partial charge on any atom is 0.339 e. The van der Waals surface area contributed by atoms with Gasteiger partial charge in [-0.1, -0.05) is 0 Å². The van der Waals surface area contributed by atoms with Crippen molar-refractivity contribution in [3.8, 4) is 5.75 Å². The number of rotatable bonds is 3. The van der Waals surface area contributed by atoms with E-state index < -0.39 is 34.6 Å². The Morgan fingerprint density at radius 2 is 2.13 bits per heavy atom. The zero-order valence-corrected chi connectivity index (χ0v) is 7.31. The van der Waals surface area contributed by atoms with E-state index >= 15 is 0 Å². The molecule has 2 N–H and O–H groups in total. The minimum atomic E-state index is -1.54. The Hall–Kier alpha value is -2.18. The summed E-state index contributed by atoms with van der Waals surface area (Å²) in [7, 11) is 0. The van der Waals surface area contributed by atoms with Crippen LogP contribution >= 0.6 is 0 Å². The van der Waals surface area contributed by atoms with Crippen LogP contribution in [0.4, 0.5) is 4.39 Å². The monoisotopic (exact) mass is 215 g/mol. The fourth-order valence-corrected chi connectivity index (χ4v) is 1.08. The summed E-state index contributed by atoms with van der Waals surface area (Å²) in [5.74, 6) is -3.26. The third kappa shape index (κ3) is 2.39. The summed E-state index contributed by atoms with van der Waals surface area (Å²) in [6.07, 6.45) is 0. The Kier molecular flexibility index (Phi) is 2.84. The Balaban J connectivity index is 3.28. The lowest BCUT2D eigenvalue weighted by molar-refractivity contribution is -0.497. The SMILES string of the molecule is O=C(O)c1cc(F)cc(C[N+](=O)[O-])c1O. The fraction of sp³-hybridized carbons (Fsp3) is 0.125. The van der Waals surface area contributed by atoms with Crippen molar-refractivity contribution in [1.82, 2.24) is 0 Å². The molecule has 0 fully saturated rings. The molecule has 0 bridgehead atoms. The first-order valence-corrected chi connectivity index (χ1v) is 3.78. The van der Waals surface area contributed by atoms with Gasteiger partial charge in [-0.15, -0.1) is 0 Å². The number of aromatic hydroxyl groups is 1. The Morgan fingerprint density at radius 3 is 2.60 bits per heavy atom. The van der Waals surface area contributed by atoms with Crippen LogP contribution < -0.4 is 0 Å². The fourth-order valence-electron chi connectivity index (χ4n) is 1.08. The lowest BCUT2D eigenvalue weighted by Gasteiger charge is -2.03. The molecule has 0 spiro atoms. The molecular weight excluding hydrogens is 209 g/mol. The molecule has 0 saturated carbocycles. The van der Waals surface area contributed by atoms with E-state index in [1.165, 1.54) is 0 Å². The van der Waals surface area contributed by atoms with Crippen LogP contribution in [0.15, 0.2) is 12.1 Å². The van der Waals surface area contributed by atoms with Crippen molar-refractivity contribution in [2.75, 3.05) is 0 Å². The van der Waals surface area contributed by atoms with E-state index in [0.29, 0.717) is 6.07 Å². The number of phenols is 1. The molecular formula is C8H6FNO5. The number of carboxylic acid groups (broad SMARTS) is 1. The topological polar surface area (TPSA) is 101 Å². The van der Waals surface area contributed by atoms with E-state index in [1.807, 2.05) is 0 Å². The van der Waals surface area contributed by atoms with Gasteiger partial charge in [-0.25, -0.2) is 9.18 Å². The minimum absolute atomic E-state index is 0.364. The van der Waals surface area contributed by atoms with Gasteiger partial charge in [-0.2, -0.15) is 0 Å². The average molecular weight is 215 g/mol. The summed E-state index contributed by atoms with van der Waals surface area (Å²) in [6, 6.07) is 1.33. The van der Waals surface area contributed by atoms with Gasteiger partial charge in [0.05, 0.1) is 5.56 Å². The Morgan fingerprint density at radius 1 is 1.53 bits per heavy atom. The summed E-state index contributed by atoms with van der Waals surface area (Å²) in [6.45, 7) is -0.829. The van der Waals surface area contributed by atoms with Gasteiger partial charge in [-0.05, 0) is 12.1 Å². The molecule has 0 aliphatic heterocycles. The molecule has 0 aromatic heterocycles. The quantitative estimate of drug-likeness (QED) is 0.578. The summed E-state index contributed by atoms with van der Waals surface area (Å²) < 4.78 is 12.8. The number of carbonyl (C=O) groups is 1. The molecule has 0 unspecified atom stereocenters. The maximum atomic E-state index is 12.8. The number of nitrogens with zero attached hydrogens (tertiary/aromatic N) is 1. The summed E-state index contributed by atoms with van der Waals surface area (Å²) in [5.41, 5.74) is -1.05. The van der Waals surface area contributed by atoms with E-state index in [0.717, 1.165) is 6.07 Å². The molecule has 0 aliphatic carbocycles. The van der Waals surface area contributed by atoms with Crippen molar-refractivity contribution in [3.05, 3.63) is 39.2 Å². The highest BCUT2D eigenvalue weighted by Gasteiger charge is 2.18. The van der Waals surface area contributed by atoms with Crippen LogP contribution in [0.1, 0.15) is 15.9 Å². The van der Waals surface area contributed by atoms with Crippen molar-refractivity contribution in [2.24, 2.45) is 0 Å². The summed E-state index contributed by atoms with van der Waals surface area (Å²) in [4.78, 5) is 19.9. The van der Waals surface area contributed by atoms with Crippen LogP contribution in [-0.4, -0.2) is 21.1 Å². The van der Waals surface area contributed by atoms with E-state index in [1.54, 1.807) is 0 Å². The average Bonchev–Trinajstić information content (AvgIpc) is 2.09. The van der Waals surface area contributed by atoms with Crippen molar-refractivity contribution >= 4 is 5.97 Å². The van der Waals surface area contributed by atoms with Crippen molar-refractivity contribution in [3.63, 3.8) is 0 Å². The molecule has 0 heterocycles. The largest absolute Gasteiger partial charge is 0.506 e. The number of halogens is 1. The molecule has 7 heteroatoms. The highest BCUT2D eigenvalue weighted by molar-refractivity contribution is 5.91. The van der Waals surface area contributed by atoms with Crippen LogP contribution in [0.25, 0.3) is 0 Å². The molecule has 0 radical (unpaired) electrons. The molecule has 0 atom stereocenters. The maximum absolute atomic E-state index is 12.8. The Bertz CT molecular complexity index is 431. The number of benzene rings is 1. The first-order valence-electron chi connectivity index (χ1n) is 3.78. The van der Waals surface area contributed by atoms with E-state index in [2.05, 4.69) is 0 Å². The highest BCUT2D eigenvalue weighted by Crippen LogP contribution is 2.24. The van der Waals surface area contributed by atoms with Crippen molar-refractivity contribution < 1.29 is 24.3 Å². The van der Waals surface area contributed by atoms with Gasteiger partial charge in [0.25, 0.3) is 0 Å². The molecule has 15 heavy (non-hydrogen) atoms. The summed E-state index contributed by atoms with van der Waals surface area (Å²) in [5, 5.41) is 28.0. The van der Waals surface area contributed by atoms with Crippen LogP contribution in [0.3, 0.4) is 0 Å². The van der Waals surface area contributed by atoms with E-state index in [4.69, 9.17) is 5.11 Å². The smallest absolute Gasteiger partial charge is 0.339 e. The number of nitro groups is 1. The number of hydrogen-bond acceptors (Lipinski definition) is 4. The summed E-state index contributed by atoms with van der Waals surface area (Å²) >= 11 is 0. The van der Waals surface area contributed by atoms with Crippen LogP contribution in [0, 0.1) is 15.9 Å². The first-order chi connectivity index (χ1) is 6.91. The molecule has 0 aliphatic rings. The van der Waals surface area contributed by atoms with Crippen LogP contribution in [0.5, 0.6) is 5.75 Å². The zero-order valence-electron chi connectivity index (χ0n) is 7.31. The van der Waals surface area contributed by atoms with E-state index in [9.17, 15) is 24.4 Å². The predicted molar refractivity (Wildman–Crippen MR) is 45.7 cm³/mol. The molecule has 80 valence electrons. The van der Waals surface area contributed by atoms with Gasteiger partial charge in [0.15, 0.2) is 0 Å². The standard InChI is InChI=1S/C8H6FNO5/c9-5-1-4(3-10(14)15)7(11)6(2-5)8(12)13/h1-2,11H,3H2,(H,12,13). The third-order valence-corrected chi connectivity index (χ3v) is 1.68. The first kappa shape index (κ1) is 10.9. The Labute approximate surface area is 82.7 Å². The minimum Gasteiger partial charge on any atom is -0.506 e. The van der Waals surface area contributed by atoms with Gasteiger partial charge in [0, 0.05) is 4.92 Å². The molecule has 1 aromatic rings. The van der Waals surface area contributed by atoms with E-state index in [-0.39, 0.29) is 5.56 Å². The van der Waals surface area contributed by atoms with Crippen molar-refractivity contribution in [1.29, 1.82) is 0 Å². The van der Waals surface area contributed by atoms with Crippen molar-refractivity contribution in [2.45, 2.75) is 6.54 Å². The second-order valence-corrected chi connectivity index (χ2v) is 2.76. The molecule has 1 aromatic carbocycles. The molecule has 1 rings (SSSR count). The molecule has 0 amide bonds. The predicted octanol–water partition coefficient (Wildman–Crippen LogP) is 1.01. The van der Waals surface area contributed by atoms with Crippen LogP contribution in [-0.2, 0) is 6.54 Å². The van der Waals surface area contributed by atoms with Gasteiger partial charge in [0.2, 0.25) is 6.54 Å². The highest BCUT2D eigenvalue weighted by atomic mass is 19.1. The van der Waals surface area contributed by atoms with Gasteiger partial charge in [-0.3, -0.25) is 10.1 Å². The molecule has 0 saturated heterocycles. The van der Waals surface area contributed by atoms with Gasteiger partial charge < -0.3 is 10.2 Å². The normalized spacial score (nSPS) is 9.93. The second kappa shape index (κ2) is 3.91. The van der Waals surface area contributed by atoms with Crippen LogP contribution in [0.2, 0.25) is 0 Å². The number of carboxylic acids is 1. The lowest BCUT2D eigenvalue weighted by Crippen LogP contribution is -2.04. The third-order valence-electron chi connectivity index (χ3n) is 1.68. The second-order valence-electron chi connectivity index (χ2n) is 2.76.